The molecule has 1 aromatic rings. The van der Waals surface area contributed by atoms with Gasteiger partial charge in [0.25, 0.3) is 0 Å². The predicted molar refractivity (Wildman–Crippen MR) is 76.5 cm³/mol. The quantitative estimate of drug-likeness (QED) is 0.921. The van der Waals surface area contributed by atoms with Gasteiger partial charge < -0.3 is 15.2 Å². The van der Waals surface area contributed by atoms with Crippen molar-refractivity contribution in [2.75, 3.05) is 14.2 Å². The first kappa shape index (κ1) is 14.6. The van der Waals surface area contributed by atoms with Gasteiger partial charge in [-0.05, 0) is 53.7 Å². The lowest BCUT2D eigenvalue weighted by Crippen LogP contribution is -2.34. The summed E-state index contributed by atoms with van der Waals surface area (Å²) in [7, 11) is 3.12. The topological polar surface area (TPSA) is 44.5 Å². The molecule has 1 aliphatic rings. The molecule has 0 atom stereocenters. The lowest BCUT2D eigenvalue weighted by molar-refractivity contribution is 0.0943. The van der Waals surface area contributed by atoms with Gasteiger partial charge in [0.05, 0.1) is 14.2 Å². The molecule has 1 aromatic carbocycles. The summed E-state index contributed by atoms with van der Waals surface area (Å²) in [4.78, 5) is 0. The van der Waals surface area contributed by atoms with Gasteiger partial charge in [0, 0.05) is 11.6 Å². The van der Waals surface area contributed by atoms with Gasteiger partial charge in [0.2, 0.25) is 0 Å². The van der Waals surface area contributed by atoms with Crippen LogP contribution in [0.3, 0.4) is 0 Å². The average Bonchev–Trinajstić information content (AvgIpc) is 2.42. The van der Waals surface area contributed by atoms with E-state index in [4.69, 9.17) is 15.2 Å². The fourth-order valence-corrected chi connectivity index (χ4v) is 3.28. The summed E-state index contributed by atoms with van der Waals surface area (Å²) in [6.45, 7) is 0. The third-order valence-electron chi connectivity index (χ3n) is 3.79. The molecule has 2 rings (SSSR count). The summed E-state index contributed by atoms with van der Waals surface area (Å²) < 4.78 is 26.4. The highest BCUT2D eigenvalue weighted by Gasteiger charge is 2.39. The van der Waals surface area contributed by atoms with Gasteiger partial charge >= 0.3 is 0 Å². The molecule has 0 bridgehead atoms. The van der Waals surface area contributed by atoms with Crippen molar-refractivity contribution in [3.63, 3.8) is 0 Å². The van der Waals surface area contributed by atoms with E-state index in [0.717, 1.165) is 0 Å². The fraction of sp³-hybridized carbons (Fsp3) is 0.571. The Morgan fingerprint density at radius 1 is 1.26 bits per heavy atom. The van der Waals surface area contributed by atoms with E-state index in [1.54, 1.807) is 26.4 Å². The van der Waals surface area contributed by atoms with Crippen LogP contribution in [0.25, 0.3) is 0 Å². The Balaban J connectivity index is 2.42. The third-order valence-corrected chi connectivity index (χ3v) is 4.54. The van der Waals surface area contributed by atoms with Crippen molar-refractivity contribution in [2.45, 2.75) is 37.4 Å². The molecule has 0 aromatic heterocycles. The number of benzene rings is 1. The molecule has 3 nitrogen and oxygen atoms in total. The largest absolute Gasteiger partial charge is 0.495 e. The third kappa shape index (κ3) is 2.72. The molecule has 5 heteroatoms. The second kappa shape index (κ2) is 5.67. The molecule has 1 saturated carbocycles. The molecule has 19 heavy (non-hydrogen) atoms. The lowest BCUT2D eigenvalue weighted by atomic mass is 9.79. The minimum atomic E-state index is -1.37. The van der Waals surface area contributed by atoms with Gasteiger partial charge in [0.15, 0.2) is 0 Å². The molecule has 0 aliphatic heterocycles. The van der Waals surface area contributed by atoms with Crippen LogP contribution in [-0.4, -0.2) is 20.3 Å². The molecule has 0 unspecified atom stereocenters. The summed E-state index contributed by atoms with van der Waals surface area (Å²) in [5, 5.41) is 0. The van der Waals surface area contributed by atoms with Gasteiger partial charge in [-0.2, -0.15) is 0 Å². The van der Waals surface area contributed by atoms with Crippen molar-refractivity contribution in [3.8, 4) is 11.5 Å². The molecule has 0 heterocycles. The summed E-state index contributed by atoms with van der Waals surface area (Å²) in [6.07, 6.45) is 2.26. The number of rotatable bonds is 3. The van der Waals surface area contributed by atoms with Crippen LogP contribution < -0.4 is 15.2 Å². The number of methoxy groups -OCH3 is 2. The monoisotopic (exact) mass is 331 g/mol. The van der Waals surface area contributed by atoms with E-state index in [2.05, 4.69) is 15.9 Å². The fourth-order valence-electron chi connectivity index (χ4n) is 2.62. The van der Waals surface area contributed by atoms with Crippen molar-refractivity contribution in [3.05, 3.63) is 22.2 Å². The number of hydrogen-bond acceptors (Lipinski definition) is 3. The van der Waals surface area contributed by atoms with Crippen molar-refractivity contribution in [1.29, 1.82) is 0 Å². The maximum Gasteiger partial charge on any atom is 0.143 e. The Kier molecular flexibility index (Phi) is 4.36. The maximum absolute atomic E-state index is 15.1. The molecule has 0 radical (unpaired) electrons. The number of alkyl halides is 1. The Bertz CT molecular complexity index is 459. The molecule has 1 fully saturated rings. The Morgan fingerprint density at radius 2 is 1.89 bits per heavy atom. The summed E-state index contributed by atoms with van der Waals surface area (Å²) >= 11 is 3.41. The van der Waals surface area contributed by atoms with Gasteiger partial charge in [-0.1, -0.05) is 0 Å². The summed E-state index contributed by atoms with van der Waals surface area (Å²) in [5.41, 5.74) is 5.07. The van der Waals surface area contributed by atoms with E-state index in [0.29, 0.717) is 47.2 Å². The van der Waals surface area contributed by atoms with Gasteiger partial charge in [0.1, 0.15) is 21.6 Å². The SMILES string of the molecule is COc1ccc(C2(F)CCC(N)CC2)c(OC)c1Br. The summed E-state index contributed by atoms with van der Waals surface area (Å²) in [5.74, 6) is 1.15. The van der Waals surface area contributed by atoms with E-state index >= 15 is 4.39 Å². The molecule has 0 amide bonds. The first-order chi connectivity index (χ1) is 9.01. The van der Waals surface area contributed by atoms with E-state index < -0.39 is 5.67 Å². The smallest absolute Gasteiger partial charge is 0.143 e. The van der Waals surface area contributed by atoms with Crippen LogP contribution in [0.15, 0.2) is 16.6 Å². The molecule has 2 N–H and O–H groups in total. The van der Waals surface area contributed by atoms with E-state index in [-0.39, 0.29) is 6.04 Å². The number of nitrogens with two attached hydrogens (primary N) is 1. The zero-order chi connectivity index (χ0) is 14.0. The van der Waals surface area contributed by atoms with Crippen molar-refractivity contribution in [1.82, 2.24) is 0 Å². The van der Waals surface area contributed by atoms with Crippen LogP contribution >= 0.6 is 15.9 Å². The van der Waals surface area contributed by atoms with E-state index in [1.165, 1.54) is 0 Å². The van der Waals surface area contributed by atoms with Crippen LogP contribution in [-0.2, 0) is 5.67 Å². The maximum atomic E-state index is 15.1. The van der Waals surface area contributed by atoms with Gasteiger partial charge in [-0.15, -0.1) is 0 Å². The molecule has 0 spiro atoms. The van der Waals surface area contributed by atoms with Crippen LogP contribution in [0.1, 0.15) is 31.2 Å². The standard InChI is InChI=1S/C14H19BrFNO2/c1-18-11-4-3-10(13(19-2)12(11)15)14(16)7-5-9(17)6-8-14/h3-4,9H,5-8,17H2,1-2H3. The van der Waals surface area contributed by atoms with Crippen LogP contribution in [0.5, 0.6) is 11.5 Å². The number of hydrogen-bond donors (Lipinski definition) is 1. The van der Waals surface area contributed by atoms with Gasteiger partial charge in [-0.25, -0.2) is 4.39 Å². The lowest BCUT2D eigenvalue weighted by Gasteiger charge is -2.34. The Hall–Kier alpha value is -0.810. The normalized spacial score (nSPS) is 27.1. The molecule has 106 valence electrons. The number of ether oxygens (including phenoxy) is 2. The first-order valence-electron chi connectivity index (χ1n) is 6.37. The first-order valence-corrected chi connectivity index (χ1v) is 7.16. The predicted octanol–water partition coefficient (Wildman–Crippen LogP) is 3.53. The Morgan fingerprint density at radius 3 is 2.42 bits per heavy atom. The minimum absolute atomic E-state index is 0.108. The highest BCUT2D eigenvalue weighted by Crippen LogP contribution is 2.48. The zero-order valence-corrected chi connectivity index (χ0v) is 12.8. The van der Waals surface area contributed by atoms with Crippen molar-refractivity contribution < 1.29 is 13.9 Å². The molecular weight excluding hydrogens is 313 g/mol. The highest BCUT2D eigenvalue weighted by molar-refractivity contribution is 9.10. The average molecular weight is 332 g/mol. The van der Waals surface area contributed by atoms with Crippen LogP contribution in [0, 0.1) is 0 Å². The van der Waals surface area contributed by atoms with Gasteiger partial charge in [-0.3, -0.25) is 0 Å². The Labute approximate surface area is 121 Å². The molecule has 0 saturated heterocycles. The zero-order valence-electron chi connectivity index (χ0n) is 11.2. The van der Waals surface area contributed by atoms with E-state index in [1.807, 2.05) is 0 Å². The molecule has 1 aliphatic carbocycles. The minimum Gasteiger partial charge on any atom is -0.495 e. The van der Waals surface area contributed by atoms with Crippen LogP contribution in [0.4, 0.5) is 4.39 Å². The number of halogens is 2. The summed E-state index contributed by atoms with van der Waals surface area (Å²) in [6, 6.07) is 3.62. The van der Waals surface area contributed by atoms with Crippen molar-refractivity contribution in [2.24, 2.45) is 5.73 Å². The molecular formula is C14H19BrFNO2. The van der Waals surface area contributed by atoms with Crippen molar-refractivity contribution >= 4 is 15.9 Å². The second-order valence-corrected chi connectivity index (χ2v) is 5.76. The van der Waals surface area contributed by atoms with Crippen LogP contribution in [0.2, 0.25) is 0 Å². The highest BCUT2D eigenvalue weighted by atomic mass is 79.9. The second-order valence-electron chi connectivity index (χ2n) is 4.97. The van der Waals surface area contributed by atoms with E-state index in [9.17, 15) is 0 Å².